The van der Waals surface area contributed by atoms with E-state index < -0.39 is 0 Å². The standard InChI is InChI=1S/C27H27N7O2/c1-27(2,3)16-9-12-22(36-4)20(13-16)33-26(35)32-19-10-11-21(18-8-6-5-7-17(18)19)34-15-31-23-24(28)29-14-30-25(23)34/h5-15H,1-4H3,(H2,28,29,30)(H2,32,33,35). The molecule has 5 rings (SSSR count). The number of carbonyl (C=O) groups is 1. The van der Waals surface area contributed by atoms with Crippen LogP contribution in [0.2, 0.25) is 0 Å². The highest BCUT2D eigenvalue weighted by molar-refractivity contribution is 6.08. The van der Waals surface area contributed by atoms with Gasteiger partial charge in [0.15, 0.2) is 17.0 Å². The first kappa shape index (κ1) is 23.1. The SMILES string of the molecule is COc1ccc(C(C)(C)C)cc1NC(=O)Nc1ccc(-n2cnc3c(N)ncnc32)c2ccccc12. The maximum atomic E-state index is 13.1. The van der Waals surface area contributed by atoms with Gasteiger partial charge in [-0.1, -0.05) is 51.1 Å². The molecule has 0 aliphatic carbocycles. The van der Waals surface area contributed by atoms with E-state index in [2.05, 4.69) is 46.4 Å². The van der Waals surface area contributed by atoms with Crippen LogP contribution in [0.4, 0.5) is 22.0 Å². The number of fused-ring (bicyclic) bond motifs is 2. The van der Waals surface area contributed by atoms with E-state index in [1.165, 1.54) is 6.33 Å². The number of hydrogen-bond acceptors (Lipinski definition) is 6. The Morgan fingerprint density at radius 3 is 2.44 bits per heavy atom. The van der Waals surface area contributed by atoms with Crippen LogP contribution in [0.25, 0.3) is 27.6 Å². The van der Waals surface area contributed by atoms with Crippen LogP contribution in [0.5, 0.6) is 5.75 Å². The minimum Gasteiger partial charge on any atom is -0.495 e. The lowest BCUT2D eigenvalue weighted by Gasteiger charge is -2.21. The number of benzene rings is 3. The van der Waals surface area contributed by atoms with Crippen molar-refractivity contribution < 1.29 is 9.53 Å². The first-order chi connectivity index (χ1) is 17.3. The third-order valence-electron chi connectivity index (χ3n) is 6.08. The van der Waals surface area contributed by atoms with Crippen molar-refractivity contribution in [1.29, 1.82) is 0 Å². The van der Waals surface area contributed by atoms with Crippen LogP contribution in [0.15, 0.2) is 67.3 Å². The summed E-state index contributed by atoms with van der Waals surface area (Å²) in [5.74, 6) is 0.913. The molecule has 0 bridgehead atoms. The number of imidazole rings is 1. The topological polar surface area (TPSA) is 120 Å². The average Bonchev–Trinajstić information content (AvgIpc) is 3.29. The maximum absolute atomic E-state index is 13.1. The van der Waals surface area contributed by atoms with E-state index in [0.717, 1.165) is 22.0 Å². The predicted octanol–water partition coefficient (Wildman–Crippen LogP) is 5.50. The molecule has 0 unspecified atom stereocenters. The van der Waals surface area contributed by atoms with Crippen LogP contribution in [0.3, 0.4) is 0 Å². The lowest BCUT2D eigenvalue weighted by atomic mass is 9.87. The molecule has 36 heavy (non-hydrogen) atoms. The maximum Gasteiger partial charge on any atom is 0.323 e. The lowest BCUT2D eigenvalue weighted by Crippen LogP contribution is -2.21. The number of hydrogen-bond donors (Lipinski definition) is 3. The van der Waals surface area contributed by atoms with Crippen LogP contribution < -0.4 is 21.1 Å². The Bertz CT molecular complexity index is 1600. The molecule has 0 saturated heterocycles. The molecule has 0 aliphatic heterocycles. The summed E-state index contributed by atoms with van der Waals surface area (Å²) in [6.45, 7) is 6.36. The van der Waals surface area contributed by atoms with Crippen molar-refractivity contribution in [3.8, 4) is 11.4 Å². The number of nitrogens with two attached hydrogens (primary N) is 1. The van der Waals surface area contributed by atoms with Gasteiger partial charge in [0.1, 0.15) is 18.4 Å². The normalized spacial score (nSPS) is 11.6. The number of aromatic nitrogens is 4. The van der Waals surface area contributed by atoms with E-state index in [4.69, 9.17) is 10.5 Å². The highest BCUT2D eigenvalue weighted by atomic mass is 16.5. The van der Waals surface area contributed by atoms with E-state index in [1.807, 2.05) is 59.2 Å². The van der Waals surface area contributed by atoms with Gasteiger partial charge in [-0.15, -0.1) is 0 Å². The van der Waals surface area contributed by atoms with Gasteiger partial charge in [0.25, 0.3) is 0 Å². The number of urea groups is 1. The smallest absolute Gasteiger partial charge is 0.323 e. The van der Waals surface area contributed by atoms with Crippen molar-refractivity contribution in [2.75, 3.05) is 23.5 Å². The largest absolute Gasteiger partial charge is 0.495 e. The summed E-state index contributed by atoms with van der Waals surface area (Å²) in [4.78, 5) is 25.8. The summed E-state index contributed by atoms with van der Waals surface area (Å²) in [6.07, 6.45) is 3.09. The van der Waals surface area contributed by atoms with Gasteiger partial charge in [-0.2, -0.15) is 0 Å². The Hall–Kier alpha value is -4.66. The number of nitrogen functional groups attached to an aromatic ring is 1. The van der Waals surface area contributed by atoms with Crippen molar-refractivity contribution in [2.45, 2.75) is 26.2 Å². The van der Waals surface area contributed by atoms with E-state index in [9.17, 15) is 4.79 Å². The number of anilines is 3. The molecule has 0 spiro atoms. The Labute approximate surface area is 208 Å². The molecule has 2 amide bonds. The van der Waals surface area contributed by atoms with E-state index in [-0.39, 0.29) is 11.4 Å². The third kappa shape index (κ3) is 4.15. The van der Waals surface area contributed by atoms with Gasteiger partial charge in [-0.3, -0.25) is 4.57 Å². The lowest BCUT2D eigenvalue weighted by molar-refractivity contribution is 0.262. The second kappa shape index (κ2) is 8.84. The fraction of sp³-hybridized carbons (Fsp3) is 0.185. The summed E-state index contributed by atoms with van der Waals surface area (Å²) < 4.78 is 7.33. The van der Waals surface area contributed by atoms with E-state index >= 15 is 0 Å². The van der Waals surface area contributed by atoms with E-state index in [1.54, 1.807) is 13.4 Å². The molecular weight excluding hydrogens is 454 g/mol. The highest BCUT2D eigenvalue weighted by Crippen LogP contribution is 2.33. The number of rotatable bonds is 4. The molecule has 0 atom stereocenters. The van der Waals surface area contributed by atoms with Gasteiger partial charge in [0, 0.05) is 10.8 Å². The number of nitrogens with zero attached hydrogens (tertiary/aromatic N) is 4. The number of nitrogens with one attached hydrogen (secondary N) is 2. The highest BCUT2D eigenvalue weighted by Gasteiger charge is 2.18. The molecule has 0 saturated carbocycles. The fourth-order valence-corrected chi connectivity index (χ4v) is 4.18. The van der Waals surface area contributed by atoms with Gasteiger partial charge in [0.05, 0.1) is 24.2 Å². The zero-order valence-corrected chi connectivity index (χ0v) is 20.5. The van der Waals surface area contributed by atoms with Crippen molar-refractivity contribution in [3.05, 3.63) is 72.8 Å². The summed E-state index contributed by atoms with van der Waals surface area (Å²) in [6, 6.07) is 17.0. The molecule has 5 aromatic rings. The van der Waals surface area contributed by atoms with Gasteiger partial charge in [-0.05, 0) is 35.2 Å². The number of methoxy groups -OCH3 is 1. The minimum absolute atomic E-state index is 0.0711. The number of amides is 2. The molecule has 9 heteroatoms. The van der Waals surface area contributed by atoms with Gasteiger partial charge in [0.2, 0.25) is 0 Å². The van der Waals surface area contributed by atoms with Gasteiger partial charge >= 0.3 is 6.03 Å². The molecule has 0 aliphatic rings. The molecule has 3 aromatic carbocycles. The molecule has 182 valence electrons. The second-order valence-corrected chi connectivity index (χ2v) is 9.47. The first-order valence-corrected chi connectivity index (χ1v) is 11.5. The van der Waals surface area contributed by atoms with Crippen molar-refractivity contribution in [2.24, 2.45) is 0 Å². The monoisotopic (exact) mass is 481 g/mol. The van der Waals surface area contributed by atoms with Gasteiger partial charge in [-0.25, -0.2) is 19.7 Å². The zero-order valence-electron chi connectivity index (χ0n) is 20.5. The van der Waals surface area contributed by atoms with E-state index in [0.29, 0.717) is 34.1 Å². The predicted molar refractivity (Wildman–Crippen MR) is 143 cm³/mol. The third-order valence-corrected chi connectivity index (χ3v) is 6.08. The minimum atomic E-state index is -0.370. The Balaban J connectivity index is 1.49. The molecule has 4 N–H and O–H groups in total. The summed E-state index contributed by atoms with van der Waals surface area (Å²) in [5, 5.41) is 7.71. The van der Waals surface area contributed by atoms with Crippen LogP contribution in [0, 0.1) is 0 Å². The number of carbonyl (C=O) groups excluding carboxylic acids is 1. The molecule has 0 fully saturated rings. The molecular formula is C27H27N7O2. The zero-order chi connectivity index (χ0) is 25.4. The van der Waals surface area contributed by atoms with Crippen LogP contribution in [-0.4, -0.2) is 32.7 Å². The molecule has 9 nitrogen and oxygen atoms in total. The Kier molecular flexibility index (Phi) is 5.68. The Morgan fingerprint density at radius 2 is 1.69 bits per heavy atom. The second-order valence-electron chi connectivity index (χ2n) is 9.47. The van der Waals surface area contributed by atoms with Crippen LogP contribution >= 0.6 is 0 Å². The van der Waals surface area contributed by atoms with Crippen molar-refractivity contribution in [1.82, 2.24) is 19.5 Å². The van der Waals surface area contributed by atoms with Crippen molar-refractivity contribution in [3.63, 3.8) is 0 Å². The summed E-state index contributed by atoms with van der Waals surface area (Å²) in [5.41, 5.74) is 10.3. The van der Waals surface area contributed by atoms with Crippen LogP contribution in [0.1, 0.15) is 26.3 Å². The molecule has 0 radical (unpaired) electrons. The number of ether oxygens (including phenoxy) is 1. The molecule has 2 aromatic heterocycles. The van der Waals surface area contributed by atoms with Crippen LogP contribution in [-0.2, 0) is 5.41 Å². The average molecular weight is 482 g/mol. The fourth-order valence-electron chi connectivity index (χ4n) is 4.18. The molecule has 2 heterocycles. The van der Waals surface area contributed by atoms with Crippen molar-refractivity contribution >= 4 is 45.2 Å². The van der Waals surface area contributed by atoms with Gasteiger partial charge < -0.3 is 21.1 Å². The quantitative estimate of drug-likeness (QED) is 0.312. The first-order valence-electron chi connectivity index (χ1n) is 11.5. The Morgan fingerprint density at radius 1 is 0.944 bits per heavy atom. The summed E-state index contributed by atoms with van der Waals surface area (Å²) in [7, 11) is 1.58. The summed E-state index contributed by atoms with van der Waals surface area (Å²) >= 11 is 0.